The van der Waals surface area contributed by atoms with Gasteiger partial charge in [-0.15, -0.1) is 0 Å². The van der Waals surface area contributed by atoms with Crippen LogP contribution in [-0.4, -0.2) is 35.9 Å². The van der Waals surface area contributed by atoms with Crippen molar-refractivity contribution in [2.24, 2.45) is 5.92 Å². The van der Waals surface area contributed by atoms with Crippen LogP contribution >= 0.6 is 0 Å². The van der Waals surface area contributed by atoms with Gasteiger partial charge in [-0.1, -0.05) is 50.2 Å². The molecule has 0 radical (unpaired) electrons. The van der Waals surface area contributed by atoms with Gasteiger partial charge >= 0.3 is 0 Å². The van der Waals surface area contributed by atoms with Crippen LogP contribution in [0.5, 0.6) is 5.75 Å². The molecule has 0 aromatic heterocycles. The van der Waals surface area contributed by atoms with Gasteiger partial charge in [-0.05, 0) is 41.7 Å². The minimum Gasteiger partial charge on any atom is -0.492 e. The highest BCUT2D eigenvalue weighted by Gasteiger charge is 2.34. The van der Waals surface area contributed by atoms with E-state index in [2.05, 4.69) is 5.32 Å². The fourth-order valence-electron chi connectivity index (χ4n) is 3.65. The Balaban J connectivity index is 1.61. The van der Waals surface area contributed by atoms with E-state index in [0.717, 1.165) is 22.4 Å². The standard InChI is InChI=1S/C24H30N2O3/c1-17(2)13-23(27)26-16-20-9-5-4-8-19(20)15-22(26)24(28)25-11-12-29-21-10-6-7-18(3)14-21/h4-10,14,17,22H,11-13,15-16H2,1-3H3,(H,25,28). The third kappa shape index (κ3) is 5.59. The SMILES string of the molecule is Cc1cccc(OCCNC(=O)C2Cc3ccccc3CN2C(=O)CC(C)C)c1. The number of ether oxygens (including phenoxy) is 1. The Morgan fingerprint density at radius 2 is 1.90 bits per heavy atom. The van der Waals surface area contributed by atoms with Gasteiger partial charge in [-0.3, -0.25) is 9.59 Å². The zero-order chi connectivity index (χ0) is 20.8. The number of hydrogen-bond donors (Lipinski definition) is 1. The summed E-state index contributed by atoms with van der Waals surface area (Å²) in [5.74, 6) is 0.959. The maximum Gasteiger partial charge on any atom is 0.243 e. The van der Waals surface area contributed by atoms with Crippen LogP contribution in [-0.2, 0) is 22.6 Å². The van der Waals surface area contributed by atoms with Crippen LogP contribution in [0.15, 0.2) is 48.5 Å². The van der Waals surface area contributed by atoms with Gasteiger partial charge in [0, 0.05) is 19.4 Å². The first-order chi connectivity index (χ1) is 13.9. The van der Waals surface area contributed by atoms with Crippen LogP contribution in [0.25, 0.3) is 0 Å². The summed E-state index contributed by atoms with van der Waals surface area (Å²) in [4.78, 5) is 27.4. The first-order valence-corrected chi connectivity index (χ1v) is 10.3. The van der Waals surface area contributed by atoms with Gasteiger partial charge in [0.15, 0.2) is 0 Å². The number of fused-ring (bicyclic) bond motifs is 1. The predicted octanol–water partition coefficient (Wildman–Crippen LogP) is 3.49. The van der Waals surface area contributed by atoms with Gasteiger partial charge in [-0.25, -0.2) is 0 Å². The molecule has 1 aliphatic rings. The molecule has 1 atom stereocenters. The summed E-state index contributed by atoms with van der Waals surface area (Å²) in [6, 6.07) is 15.4. The highest BCUT2D eigenvalue weighted by molar-refractivity contribution is 5.88. The molecule has 0 saturated heterocycles. The van der Waals surface area contributed by atoms with Crippen molar-refractivity contribution >= 4 is 11.8 Å². The lowest BCUT2D eigenvalue weighted by molar-refractivity contribution is -0.142. The van der Waals surface area contributed by atoms with Gasteiger partial charge in [0.25, 0.3) is 0 Å². The molecule has 0 spiro atoms. The van der Waals surface area contributed by atoms with Gasteiger partial charge in [0.1, 0.15) is 18.4 Å². The average molecular weight is 395 g/mol. The first-order valence-electron chi connectivity index (χ1n) is 10.3. The summed E-state index contributed by atoms with van der Waals surface area (Å²) < 4.78 is 5.71. The summed E-state index contributed by atoms with van der Waals surface area (Å²) >= 11 is 0. The Kier molecular flexibility index (Phi) is 6.91. The average Bonchev–Trinajstić information content (AvgIpc) is 2.69. The van der Waals surface area contributed by atoms with Crippen molar-refractivity contribution in [1.29, 1.82) is 0 Å². The molecular weight excluding hydrogens is 364 g/mol. The summed E-state index contributed by atoms with van der Waals surface area (Å²) in [6.07, 6.45) is 0.993. The molecule has 0 saturated carbocycles. The van der Waals surface area contributed by atoms with Crippen molar-refractivity contribution in [3.05, 3.63) is 65.2 Å². The molecular formula is C24H30N2O3. The van der Waals surface area contributed by atoms with E-state index in [4.69, 9.17) is 4.74 Å². The van der Waals surface area contributed by atoms with Crippen LogP contribution in [0.3, 0.4) is 0 Å². The second-order valence-electron chi connectivity index (χ2n) is 8.06. The topological polar surface area (TPSA) is 58.6 Å². The molecule has 29 heavy (non-hydrogen) atoms. The van der Waals surface area contributed by atoms with E-state index < -0.39 is 6.04 Å². The first kappa shape index (κ1) is 20.9. The van der Waals surface area contributed by atoms with E-state index in [1.807, 2.05) is 69.3 Å². The van der Waals surface area contributed by atoms with Crippen molar-refractivity contribution in [2.75, 3.05) is 13.2 Å². The molecule has 154 valence electrons. The maximum absolute atomic E-state index is 12.9. The number of nitrogens with zero attached hydrogens (tertiary/aromatic N) is 1. The van der Waals surface area contributed by atoms with Crippen LogP contribution in [0.2, 0.25) is 0 Å². The molecule has 1 heterocycles. The second kappa shape index (κ2) is 9.59. The third-order valence-electron chi connectivity index (χ3n) is 5.11. The molecule has 0 aliphatic carbocycles. The number of amides is 2. The fourth-order valence-corrected chi connectivity index (χ4v) is 3.65. The van der Waals surface area contributed by atoms with E-state index in [1.165, 1.54) is 0 Å². The Labute approximate surface area is 173 Å². The summed E-state index contributed by atoms with van der Waals surface area (Å²) in [5.41, 5.74) is 3.39. The second-order valence-corrected chi connectivity index (χ2v) is 8.06. The Morgan fingerprint density at radius 1 is 1.14 bits per heavy atom. The van der Waals surface area contributed by atoms with Crippen LogP contribution < -0.4 is 10.1 Å². The minimum atomic E-state index is -0.477. The molecule has 3 rings (SSSR count). The van der Waals surface area contributed by atoms with Crippen molar-refractivity contribution in [3.8, 4) is 5.75 Å². The van der Waals surface area contributed by atoms with E-state index in [0.29, 0.717) is 32.5 Å². The largest absolute Gasteiger partial charge is 0.492 e. The zero-order valence-electron chi connectivity index (χ0n) is 17.5. The van der Waals surface area contributed by atoms with Gasteiger partial charge < -0.3 is 15.0 Å². The number of benzene rings is 2. The number of hydrogen-bond acceptors (Lipinski definition) is 3. The lowest BCUT2D eigenvalue weighted by Gasteiger charge is -2.36. The third-order valence-corrected chi connectivity index (χ3v) is 5.11. The minimum absolute atomic E-state index is 0.0330. The van der Waals surface area contributed by atoms with Gasteiger partial charge in [0.05, 0.1) is 6.54 Å². The van der Waals surface area contributed by atoms with Gasteiger partial charge in [-0.2, -0.15) is 0 Å². The van der Waals surface area contributed by atoms with E-state index in [9.17, 15) is 9.59 Å². The Hall–Kier alpha value is -2.82. The monoisotopic (exact) mass is 394 g/mol. The summed E-state index contributed by atoms with van der Waals surface area (Å²) in [6.45, 7) is 7.33. The smallest absolute Gasteiger partial charge is 0.243 e. The van der Waals surface area contributed by atoms with E-state index in [1.54, 1.807) is 4.90 Å². The number of carbonyl (C=O) groups is 2. The Bertz CT molecular complexity index is 863. The van der Waals surface area contributed by atoms with Crippen molar-refractivity contribution in [3.63, 3.8) is 0 Å². The van der Waals surface area contributed by atoms with Crippen LogP contribution in [0, 0.1) is 12.8 Å². The molecule has 0 bridgehead atoms. The normalized spacial score (nSPS) is 15.7. The number of rotatable bonds is 7. The van der Waals surface area contributed by atoms with Crippen LogP contribution in [0.4, 0.5) is 0 Å². The molecule has 1 N–H and O–H groups in total. The molecule has 0 fully saturated rings. The number of aryl methyl sites for hydroxylation is 1. The number of carbonyl (C=O) groups excluding carboxylic acids is 2. The molecule has 2 aromatic rings. The quantitative estimate of drug-likeness (QED) is 0.732. The van der Waals surface area contributed by atoms with Gasteiger partial charge in [0.2, 0.25) is 11.8 Å². The van der Waals surface area contributed by atoms with Crippen molar-refractivity contribution < 1.29 is 14.3 Å². The fraction of sp³-hybridized carbons (Fsp3) is 0.417. The Morgan fingerprint density at radius 3 is 2.62 bits per heavy atom. The lowest BCUT2D eigenvalue weighted by Crippen LogP contribution is -2.53. The molecule has 1 aliphatic heterocycles. The van der Waals surface area contributed by atoms with Crippen LogP contribution in [0.1, 0.15) is 37.0 Å². The lowest BCUT2D eigenvalue weighted by atomic mass is 9.92. The van der Waals surface area contributed by atoms with Crippen molar-refractivity contribution in [2.45, 2.75) is 46.2 Å². The molecule has 2 amide bonds. The number of nitrogens with one attached hydrogen (secondary N) is 1. The molecule has 2 aromatic carbocycles. The zero-order valence-corrected chi connectivity index (χ0v) is 17.5. The summed E-state index contributed by atoms with van der Waals surface area (Å²) in [7, 11) is 0. The highest BCUT2D eigenvalue weighted by atomic mass is 16.5. The van der Waals surface area contributed by atoms with E-state index in [-0.39, 0.29) is 17.7 Å². The molecule has 1 unspecified atom stereocenters. The molecule has 5 nitrogen and oxygen atoms in total. The predicted molar refractivity (Wildman–Crippen MR) is 114 cm³/mol. The highest BCUT2D eigenvalue weighted by Crippen LogP contribution is 2.25. The van der Waals surface area contributed by atoms with E-state index >= 15 is 0 Å². The molecule has 5 heteroatoms. The summed E-state index contributed by atoms with van der Waals surface area (Å²) in [5, 5.41) is 2.95. The van der Waals surface area contributed by atoms with Crippen molar-refractivity contribution in [1.82, 2.24) is 10.2 Å². The maximum atomic E-state index is 12.9.